The van der Waals surface area contributed by atoms with Crippen molar-refractivity contribution in [2.75, 3.05) is 7.11 Å². The number of rotatable bonds is 5. The molecule has 0 unspecified atom stereocenters. The fraction of sp³-hybridized carbons (Fsp3) is 0.833. The second kappa shape index (κ2) is 11.3. The van der Waals surface area contributed by atoms with Gasteiger partial charge >= 0.3 is 0 Å². The van der Waals surface area contributed by atoms with Crippen LogP contribution in [0.5, 0.6) is 0 Å². The molecule has 3 aliphatic carbocycles. The Labute approximate surface area is 164 Å². The largest absolute Gasteiger partial charge is 0.412 e. The highest BCUT2D eigenvalue weighted by molar-refractivity contribution is 4.98. The van der Waals surface area contributed by atoms with Crippen LogP contribution in [-0.2, 0) is 4.74 Å². The summed E-state index contributed by atoms with van der Waals surface area (Å²) in [7, 11) is 1.88. The Bertz CT molecular complexity index is 428. The van der Waals surface area contributed by atoms with Gasteiger partial charge < -0.3 is 10.2 Å². The zero-order chi connectivity index (χ0) is 17.5. The maximum Gasteiger partial charge on any atom is 0.0571 e. The van der Waals surface area contributed by atoms with E-state index < -0.39 is 0 Å². The third-order valence-electron chi connectivity index (χ3n) is 7.47. The first-order valence-corrected chi connectivity index (χ1v) is 11.1. The van der Waals surface area contributed by atoms with Crippen LogP contribution in [0, 0.1) is 29.6 Å². The monoisotopic (exact) mass is 366 g/mol. The van der Waals surface area contributed by atoms with E-state index in [4.69, 9.17) is 4.74 Å². The van der Waals surface area contributed by atoms with Crippen LogP contribution in [0.15, 0.2) is 24.3 Å². The Morgan fingerprint density at radius 2 is 1.00 bits per heavy atom. The molecule has 0 spiro atoms. The van der Waals surface area contributed by atoms with E-state index in [2.05, 4.69) is 31.2 Å². The average molecular weight is 367 g/mol. The predicted octanol–water partition coefficient (Wildman–Crippen LogP) is 6.60. The van der Waals surface area contributed by atoms with E-state index in [1.165, 1.54) is 77.0 Å². The smallest absolute Gasteiger partial charge is 0.0571 e. The third kappa shape index (κ3) is 6.23. The summed E-state index contributed by atoms with van der Waals surface area (Å²) in [5, 5.41) is 0. The molecule has 0 atom stereocenters. The molecule has 0 amide bonds. The molecular formula is C24H46O2. The number of ether oxygens (including phenoxy) is 1. The van der Waals surface area contributed by atoms with Gasteiger partial charge in [-0.05, 0) is 114 Å². The molecule has 0 aliphatic heterocycles. The maximum absolute atomic E-state index is 5.54. The van der Waals surface area contributed by atoms with Crippen molar-refractivity contribution >= 4 is 0 Å². The SMILES string of the molecule is C/C=C/C1CCC(/C=C/C2CCC(C3CCC(OC)CC3)CC2)CC1.O.[HH].[HH]. The molecule has 0 aromatic carbocycles. The molecule has 0 radical (unpaired) electrons. The second-order valence-corrected chi connectivity index (χ2v) is 9.03. The summed E-state index contributed by atoms with van der Waals surface area (Å²) in [4.78, 5) is 0. The minimum atomic E-state index is 0. The number of allylic oxidation sites excluding steroid dienone is 4. The van der Waals surface area contributed by atoms with E-state index in [9.17, 15) is 0 Å². The molecule has 3 saturated carbocycles. The summed E-state index contributed by atoms with van der Waals surface area (Å²) in [5.74, 6) is 4.61. The van der Waals surface area contributed by atoms with Gasteiger partial charge in [0.05, 0.1) is 6.10 Å². The summed E-state index contributed by atoms with van der Waals surface area (Å²) in [6.45, 7) is 2.16. The maximum atomic E-state index is 5.54. The van der Waals surface area contributed by atoms with Crippen molar-refractivity contribution in [2.45, 2.75) is 90.1 Å². The summed E-state index contributed by atoms with van der Waals surface area (Å²) in [5.41, 5.74) is 0. The van der Waals surface area contributed by atoms with Gasteiger partial charge in [-0.3, -0.25) is 0 Å². The van der Waals surface area contributed by atoms with E-state index in [-0.39, 0.29) is 8.33 Å². The van der Waals surface area contributed by atoms with E-state index in [0.29, 0.717) is 6.10 Å². The van der Waals surface area contributed by atoms with Crippen molar-refractivity contribution in [3.8, 4) is 0 Å². The molecular weight excluding hydrogens is 320 g/mol. The van der Waals surface area contributed by atoms with Gasteiger partial charge in [-0.2, -0.15) is 0 Å². The van der Waals surface area contributed by atoms with Crippen LogP contribution in [0.25, 0.3) is 0 Å². The minimum Gasteiger partial charge on any atom is -0.412 e. The first-order chi connectivity index (χ1) is 12.3. The average Bonchev–Trinajstić information content (AvgIpc) is 2.68. The molecule has 26 heavy (non-hydrogen) atoms. The van der Waals surface area contributed by atoms with Crippen molar-refractivity contribution < 1.29 is 13.1 Å². The molecule has 0 aromatic heterocycles. The molecule has 3 fully saturated rings. The van der Waals surface area contributed by atoms with Crippen LogP contribution in [0.3, 0.4) is 0 Å². The number of hydrogen-bond donors (Lipinski definition) is 0. The number of hydrogen-bond acceptors (Lipinski definition) is 1. The van der Waals surface area contributed by atoms with Crippen LogP contribution in [-0.4, -0.2) is 18.7 Å². The lowest BCUT2D eigenvalue weighted by Gasteiger charge is -2.37. The molecule has 2 nitrogen and oxygen atoms in total. The van der Waals surface area contributed by atoms with E-state index in [1.807, 2.05) is 7.11 Å². The van der Waals surface area contributed by atoms with Crippen LogP contribution in [0.2, 0.25) is 0 Å². The Kier molecular flexibility index (Phi) is 9.42. The van der Waals surface area contributed by atoms with Crippen LogP contribution >= 0.6 is 0 Å². The predicted molar refractivity (Wildman–Crippen MR) is 115 cm³/mol. The normalized spacial score (nSPS) is 39.2. The lowest BCUT2D eigenvalue weighted by Crippen LogP contribution is -2.27. The van der Waals surface area contributed by atoms with Crippen molar-refractivity contribution in [1.29, 1.82) is 0 Å². The standard InChI is InChI=1S/C24H40O.H2O.2H2/c1-3-4-19-5-7-20(8-6-19)9-10-21-11-13-22(14-12-21)23-15-17-24(25-2)18-16-23;;;/h3-4,9-10,19-24H,5-8,11-18H2,1-2H3;1H2;2*1H/b4-3+,10-9+;;;. The van der Waals surface area contributed by atoms with Crippen LogP contribution < -0.4 is 0 Å². The molecule has 3 aliphatic rings. The summed E-state index contributed by atoms with van der Waals surface area (Å²) in [6, 6.07) is 0. The Morgan fingerprint density at radius 1 is 0.615 bits per heavy atom. The lowest BCUT2D eigenvalue weighted by molar-refractivity contribution is 0.0405. The van der Waals surface area contributed by atoms with E-state index >= 15 is 0 Å². The van der Waals surface area contributed by atoms with E-state index in [1.54, 1.807) is 0 Å². The summed E-state index contributed by atoms with van der Waals surface area (Å²) in [6.07, 6.45) is 27.3. The first-order valence-electron chi connectivity index (χ1n) is 11.1. The van der Waals surface area contributed by atoms with Gasteiger partial charge in [-0.1, -0.05) is 24.3 Å². The Hall–Kier alpha value is -0.600. The zero-order valence-electron chi connectivity index (χ0n) is 17.2. The van der Waals surface area contributed by atoms with Gasteiger partial charge in [-0.15, -0.1) is 0 Å². The minimum absolute atomic E-state index is 0. The topological polar surface area (TPSA) is 40.7 Å². The molecule has 2 heteroatoms. The molecule has 0 aromatic rings. The first kappa shape index (κ1) is 21.7. The van der Waals surface area contributed by atoms with E-state index in [0.717, 1.165) is 29.6 Å². The molecule has 0 bridgehead atoms. The van der Waals surface area contributed by atoms with Crippen LogP contribution in [0.4, 0.5) is 0 Å². The highest BCUT2D eigenvalue weighted by Crippen LogP contribution is 2.41. The summed E-state index contributed by atoms with van der Waals surface area (Å²) < 4.78 is 5.54. The molecule has 0 heterocycles. The van der Waals surface area contributed by atoms with Crippen molar-refractivity contribution in [2.24, 2.45) is 29.6 Å². The van der Waals surface area contributed by atoms with Crippen molar-refractivity contribution in [3.63, 3.8) is 0 Å². The Balaban J connectivity index is 0.00000243. The highest BCUT2D eigenvalue weighted by atomic mass is 16.5. The second-order valence-electron chi connectivity index (χ2n) is 9.03. The van der Waals surface area contributed by atoms with Gasteiger partial charge in [0.25, 0.3) is 0 Å². The molecule has 2 N–H and O–H groups in total. The van der Waals surface area contributed by atoms with Gasteiger partial charge in [0.1, 0.15) is 0 Å². The zero-order valence-corrected chi connectivity index (χ0v) is 17.2. The fourth-order valence-electron chi connectivity index (χ4n) is 5.72. The number of methoxy groups -OCH3 is 1. The van der Waals surface area contributed by atoms with Gasteiger partial charge in [0, 0.05) is 9.96 Å². The molecule has 154 valence electrons. The third-order valence-corrected chi connectivity index (χ3v) is 7.47. The molecule has 0 saturated heterocycles. The quantitative estimate of drug-likeness (QED) is 0.505. The highest BCUT2D eigenvalue weighted by Gasteiger charge is 2.30. The van der Waals surface area contributed by atoms with Gasteiger partial charge in [-0.25, -0.2) is 0 Å². The van der Waals surface area contributed by atoms with Gasteiger partial charge in [0.2, 0.25) is 0 Å². The van der Waals surface area contributed by atoms with Crippen molar-refractivity contribution in [1.82, 2.24) is 0 Å². The van der Waals surface area contributed by atoms with Gasteiger partial charge in [0.15, 0.2) is 0 Å². The van der Waals surface area contributed by atoms with Crippen LogP contribution in [0.1, 0.15) is 86.8 Å². The Morgan fingerprint density at radius 3 is 1.42 bits per heavy atom. The van der Waals surface area contributed by atoms with Crippen molar-refractivity contribution in [3.05, 3.63) is 24.3 Å². The fourth-order valence-corrected chi connectivity index (χ4v) is 5.72. The summed E-state index contributed by atoms with van der Waals surface area (Å²) >= 11 is 0. The molecule has 3 rings (SSSR count). The lowest BCUT2D eigenvalue weighted by atomic mass is 9.70.